The normalized spacial score (nSPS) is 22.9. The van der Waals surface area contributed by atoms with Gasteiger partial charge in [0.2, 0.25) is 0 Å². The third-order valence-corrected chi connectivity index (χ3v) is 4.40. The zero-order valence-electron chi connectivity index (χ0n) is 10.4. The Balaban J connectivity index is 1.96. The minimum Gasteiger partial charge on any atom is -0.309 e. The highest BCUT2D eigenvalue weighted by atomic mass is 79.9. The van der Waals surface area contributed by atoms with Crippen LogP contribution < -0.4 is 5.32 Å². The second-order valence-corrected chi connectivity index (χ2v) is 6.42. The Bertz CT molecular complexity index is 403. The van der Waals surface area contributed by atoms with Crippen LogP contribution in [0.15, 0.2) is 22.7 Å². The van der Waals surface area contributed by atoms with Gasteiger partial charge in [0.05, 0.1) is 4.47 Å². The van der Waals surface area contributed by atoms with E-state index in [0.29, 0.717) is 15.9 Å². The van der Waals surface area contributed by atoms with Crippen LogP contribution in [0.4, 0.5) is 4.39 Å². The average Bonchev–Trinajstić information content (AvgIpc) is 2.60. The van der Waals surface area contributed by atoms with Gasteiger partial charge in [-0.15, -0.1) is 0 Å². The zero-order chi connectivity index (χ0) is 12.5. The van der Waals surface area contributed by atoms with Crippen LogP contribution in [0.5, 0.6) is 0 Å². The van der Waals surface area contributed by atoms with Crippen molar-refractivity contribution in [1.82, 2.24) is 5.32 Å². The third kappa shape index (κ3) is 3.08. The van der Waals surface area contributed by atoms with E-state index < -0.39 is 0 Å². The van der Waals surface area contributed by atoms with Gasteiger partial charge in [0.25, 0.3) is 0 Å². The lowest BCUT2D eigenvalue weighted by Crippen LogP contribution is -2.37. The molecule has 0 amide bonds. The molecule has 0 radical (unpaired) electrons. The van der Waals surface area contributed by atoms with Crippen molar-refractivity contribution >= 4 is 15.9 Å². The van der Waals surface area contributed by atoms with Crippen molar-refractivity contribution in [2.75, 3.05) is 0 Å². The van der Waals surface area contributed by atoms with E-state index in [2.05, 4.69) is 35.1 Å². The van der Waals surface area contributed by atoms with Gasteiger partial charge in [0, 0.05) is 12.6 Å². The summed E-state index contributed by atoms with van der Waals surface area (Å²) in [7, 11) is 0. The van der Waals surface area contributed by atoms with E-state index in [1.54, 1.807) is 0 Å². The predicted molar refractivity (Wildman–Crippen MR) is 72.4 cm³/mol. The molecule has 3 heteroatoms. The molecule has 1 aliphatic carbocycles. The molecular weight excluding hydrogens is 281 g/mol. The van der Waals surface area contributed by atoms with Crippen molar-refractivity contribution in [1.29, 1.82) is 0 Å². The first-order valence-electron chi connectivity index (χ1n) is 6.16. The van der Waals surface area contributed by atoms with Crippen LogP contribution in [-0.2, 0) is 6.54 Å². The number of rotatable bonds is 3. The smallest absolute Gasteiger partial charge is 0.137 e. The number of hydrogen-bond donors (Lipinski definition) is 1. The number of hydrogen-bond acceptors (Lipinski definition) is 1. The molecule has 1 aliphatic rings. The molecular formula is C14H19BrFN. The summed E-state index contributed by atoms with van der Waals surface area (Å²) in [6.07, 6.45) is 3.84. The largest absolute Gasteiger partial charge is 0.309 e. The van der Waals surface area contributed by atoms with Crippen molar-refractivity contribution < 1.29 is 4.39 Å². The summed E-state index contributed by atoms with van der Waals surface area (Å²) in [5.41, 5.74) is 1.51. The molecule has 1 aromatic carbocycles. The molecule has 1 atom stereocenters. The lowest BCUT2D eigenvalue weighted by Gasteiger charge is -2.28. The summed E-state index contributed by atoms with van der Waals surface area (Å²) in [4.78, 5) is 0. The lowest BCUT2D eigenvalue weighted by atomic mass is 9.87. The minimum absolute atomic E-state index is 0.199. The average molecular weight is 300 g/mol. The fourth-order valence-electron chi connectivity index (χ4n) is 2.60. The molecule has 0 aliphatic heterocycles. The van der Waals surface area contributed by atoms with E-state index in [9.17, 15) is 4.39 Å². The summed E-state index contributed by atoms with van der Waals surface area (Å²) in [6, 6.07) is 5.78. The van der Waals surface area contributed by atoms with E-state index in [-0.39, 0.29) is 5.82 Å². The highest BCUT2D eigenvalue weighted by Crippen LogP contribution is 2.37. The molecule has 1 nitrogen and oxygen atoms in total. The van der Waals surface area contributed by atoms with Gasteiger partial charge in [-0.25, -0.2) is 4.39 Å². The molecule has 1 N–H and O–H groups in total. The van der Waals surface area contributed by atoms with Gasteiger partial charge in [-0.1, -0.05) is 26.3 Å². The molecule has 1 unspecified atom stereocenters. The van der Waals surface area contributed by atoms with Gasteiger partial charge in [0.1, 0.15) is 5.82 Å². The Labute approximate surface area is 111 Å². The Kier molecular flexibility index (Phi) is 3.88. The van der Waals surface area contributed by atoms with Crippen molar-refractivity contribution in [2.45, 2.75) is 45.7 Å². The first-order valence-corrected chi connectivity index (χ1v) is 6.96. The van der Waals surface area contributed by atoms with Gasteiger partial charge in [-0.2, -0.15) is 0 Å². The maximum Gasteiger partial charge on any atom is 0.137 e. The molecule has 0 spiro atoms. The molecule has 0 bridgehead atoms. The van der Waals surface area contributed by atoms with Crippen LogP contribution in [0.2, 0.25) is 0 Å². The van der Waals surface area contributed by atoms with E-state index in [1.807, 2.05) is 12.1 Å². The van der Waals surface area contributed by atoms with Crippen LogP contribution in [0.3, 0.4) is 0 Å². The van der Waals surface area contributed by atoms with Gasteiger partial charge in [0.15, 0.2) is 0 Å². The monoisotopic (exact) mass is 299 g/mol. The first-order chi connectivity index (χ1) is 7.99. The summed E-state index contributed by atoms with van der Waals surface area (Å²) < 4.78 is 13.6. The zero-order valence-corrected chi connectivity index (χ0v) is 12.0. The Morgan fingerprint density at radius 2 is 2.24 bits per heavy atom. The van der Waals surface area contributed by atoms with Crippen molar-refractivity contribution in [2.24, 2.45) is 5.41 Å². The first kappa shape index (κ1) is 13.0. The molecule has 1 fully saturated rings. The van der Waals surface area contributed by atoms with Gasteiger partial charge >= 0.3 is 0 Å². The number of halogens is 2. The standard InChI is InChI=1S/C14H19BrFN/c1-14(2)7-3-4-13(14)17-9-10-5-6-12(16)11(15)8-10/h5-6,8,13,17H,3-4,7,9H2,1-2H3. The predicted octanol–water partition coefficient (Wildman–Crippen LogP) is 4.26. The van der Waals surface area contributed by atoms with Crippen molar-refractivity contribution in [3.05, 3.63) is 34.1 Å². The summed E-state index contributed by atoms with van der Waals surface area (Å²) in [6.45, 7) is 5.45. The maximum atomic E-state index is 13.1. The molecule has 0 heterocycles. The highest BCUT2D eigenvalue weighted by molar-refractivity contribution is 9.10. The Morgan fingerprint density at radius 3 is 2.82 bits per heavy atom. The SMILES string of the molecule is CC1(C)CCCC1NCc1ccc(F)c(Br)c1. The topological polar surface area (TPSA) is 12.0 Å². The fraction of sp³-hybridized carbons (Fsp3) is 0.571. The van der Waals surface area contributed by atoms with E-state index >= 15 is 0 Å². The summed E-state index contributed by atoms with van der Waals surface area (Å²) in [5.74, 6) is -0.199. The fourth-order valence-corrected chi connectivity index (χ4v) is 3.02. The molecule has 94 valence electrons. The van der Waals surface area contributed by atoms with E-state index in [1.165, 1.54) is 25.3 Å². The van der Waals surface area contributed by atoms with Crippen molar-refractivity contribution in [3.8, 4) is 0 Å². The molecule has 1 aromatic rings. The lowest BCUT2D eigenvalue weighted by molar-refractivity contribution is 0.282. The molecule has 0 aromatic heterocycles. The van der Waals surface area contributed by atoms with Crippen molar-refractivity contribution in [3.63, 3.8) is 0 Å². The number of nitrogens with one attached hydrogen (secondary N) is 1. The quantitative estimate of drug-likeness (QED) is 0.879. The minimum atomic E-state index is -0.199. The maximum absolute atomic E-state index is 13.1. The summed E-state index contributed by atoms with van der Waals surface area (Å²) in [5, 5.41) is 3.59. The van der Waals surface area contributed by atoms with Gasteiger partial charge < -0.3 is 5.32 Å². The molecule has 1 saturated carbocycles. The van der Waals surface area contributed by atoms with Gasteiger partial charge in [-0.05, 0) is 51.9 Å². The molecule has 17 heavy (non-hydrogen) atoms. The van der Waals surface area contributed by atoms with E-state index in [4.69, 9.17) is 0 Å². The molecule has 0 saturated heterocycles. The molecule has 2 rings (SSSR count). The van der Waals surface area contributed by atoms with Crippen LogP contribution in [0.25, 0.3) is 0 Å². The second kappa shape index (κ2) is 5.07. The third-order valence-electron chi connectivity index (χ3n) is 3.79. The van der Waals surface area contributed by atoms with Gasteiger partial charge in [-0.3, -0.25) is 0 Å². The Morgan fingerprint density at radius 1 is 1.47 bits per heavy atom. The summed E-state index contributed by atoms with van der Waals surface area (Å²) >= 11 is 3.22. The van der Waals surface area contributed by atoms with Crippen LogP contribution in [0.1, 0.15) is 38.7 Å². The Hall–Kier alpha value is -0.410. The van der Waals surface area contributed by atoms with Crippen LogP contribution in [0, 0.1) is 11.2 Å². The van der Waals surface area contributed by atoms with Crippen LogP contribution >= 0.6 is 15.9 Å². The highest BCUT2D eigenvalue weighted by Gasteiger charge is 2.33. The van der Waals surface area contributed by atoms with Crippen LogP contribution in [-0.4, -0.2) is 6.04 Å². The van der Waals surface area contributed by atoms with E-state index in [0.717, 1.165) is 12.1 Å². The number of benzene rings is 1. The second-order valence-electron chi connectivity index (χ2n) is 5.56.